The minimum Gasteiger partial charge on any atom is -0.301 e. The highest BCUT2D eigenvalue weighted by Crippen LogP contribution is 2.26. The Morgan fingerprint density at radius 2 is 1.91 bits per heavy atom. The van der Waals surface area contributed by atoms with Crippen molar-refractivity contribution in [2.75, 3.05) is 4.90 Å². The molecule has 1 aliphatic rings. The molecule has 2 aromatic carbocycles. The Morgan fingerprint density at radius 3 is 2.61 bits per heavy atom. The van der Waals surface area contributed by atoms with Crippen LogP contribution < -0.4 is 10.2 Å². The van der Waals surface area contributed by atoms with Crippen LogP contribution in [0.15, 0.2) is 48.5 Å². The number of carbonyl (C=O) groups excluding carboxylic acids is 2. The van der Waals surface area contributed by atoms with Gasteiger partial charge in [-0.15, -0.1) is 0 Å². The van der Waals surface area contributed by atoms with E-state index in [0.29, 0.717) is 17.8 Å². The molecule has 3 rings (SSSR count). The van der Waals surface area contributed by atoms with Gasteiger partial charge in [-0.25, -0.2) is 9.29 Å². The van der Waals surface area contributed by atoms with E-state index in [0.717, 1.165) is 10.5 Å². The van der Waals surface area contributed by atoms with Crippen molar-refractivity contribution in [3.8, 4) is 0 Å². The van der Waals surface area contributed by atoms with Crippen LogP contribution in [0.5, 0.6) is 0 Å². The molecular weight excluding hydrogens is 295 g/mol. The molecule has 0 unspecified atom stereocenters. The maximum atomic E-state index is 13.2. The van der Waals surface area contributed by atoms with Crippen molar-refractivity contribution in [3.05, 3.63) is 65.5 Å². The number of aryl methyl sites for hydroxylation is 1. The van der Waals surface area contributed by atoms with Crippen LogP contribution in [0.25, 0.3) is 0 Å². The number of nitrogens with one attached hydrogen (secondary N) is 1. The fourth-order valence-electron chi connectivity index (χ4n) is 2.75. The van der Waals surface area contributed by atoms with Crippen molar-refractivity contribution >= 4 is 17.5 Å². The van der Waals surface area contributed by atoms with Gasteiger partial charge < -0.3 is 5.32 Å². The molecule has 0 radical (unpaired) electrons. The standard InChI is InChI=1S/C18H17FN2O2/c1-12-9-14(19)7-8-16(12)21-17(22)10-15(18(21)23)20-11-13-5-3-2-4-6-13/h2-9,15,20H,10-11H2,1H3/t15-/m1/s1. The largest absolute Gasteiger partial charge is 0.301 e. The number of imide groups is 1. The Bertz CT molecular complexity index is 746. The zero-order valence-corrected chi connectivity index (χ0v) is 12.8. The maximum Gasteiger partial charge on any atom is 0.251 e. The quantitative estimate of drug-likeness (QED) is 0.883. The van der Waals surface area contributed by atoms with Gasteiger partial charge >= 0.3 is 0 Å². The second kappa shape index (κ2) is 6.30. The van der Waals surface area contributed by atoms with E-state index in [1.54, 1.807) is 6.92 Å². The van der Waals surface area contributed by atoms with E-state index >= 15 is 0 Å². The predicted octanol–water partition coefficient (Wildman–Crippen LogP) is 2.56. The first kappa shape index (κ1) is 15.4. The van der Waals surface area contributed by atoms with Crippen LogP contribution in [0.3, 0.4) is 0 Å². The Kier molecular flexibility index (Phi) is 4.21. The zero-order chi connectivity index (χ0) is 16.4. The highest BCUT2D eigenvalue weighted by atomic mass is 19.1. The van der Waals surface area contributed by atoms with E-state index in [9.17, 15) is 14.0 Å². The highest BCUT2D eigenvalue weighted by molar-refractivity contribution is 6.22. The Hall–Kier alpha value is -2.53. The lowest BCUT2D eigenvalue weighted by Gasteiger charge is -2.17. The van der Waals surface area contributed by atoms with Gasteiger partial charge in [-0.1, -0.05) is 30.3 Å². The summed E-state index contributed by atoms with van der Waals surface area (Å²) in [5.41, 5.74) is 2.06. The molecule has 2 amide bonds. The third-order valence-electron chi connectivity index (χ3n) is 3.94. The predicted molar refractivity (Wildman–Crippen MR) is 85.3 cm³/mol. The van der Waals surface area contributed by atoms with Crippen LogP contribution in [-0.2, 0) is 16.1 Å². The highest BCUT2D eigenvalue weighted by Gasteiger charge is 2.39. The molecular formula is C18H17FN2O2. The summed E-state index contributed by atoms with van der Waals surface area (Å²) >= 11 is 0. The van der Waals surface area contributed by atoms with Crippen molar-refractivity contribution in [1.82, 2.24) is 5.32 Å². The minimum absolute atomic E-state index is 0.114. The van der Waals surface area contributed by atoms with Gasteiger partial charge in [-0.2, -0.15) is 0 Å². The molecule has 4 nitrogen and oxygen atoms in total. The van der Waals surface area contributed by atoms with Crippen LogP contribution in [0, 0.1) is 12.7 Å². The van der Waals surface area contributed by atoms with Crippen molar-refractivity contribution in [2.24, 2.45) is 0 Å². The molecule has 1 aliphatic heterocycles. The summed E-state index contributed by atoms with van der Waals surface area (Å²) in [5, 5.41) is 3.12. The summed E-state index contributed by atoms with van der Waals surface area (Å²) in [7, 11) is 0. The van der Waals surface area contributed by atoms with Gasteiger partial charge in [0.05, 0.1) is 18.2 Å². The van der Waals surface area contributed by atoms with Crippen LogP contribution in [0.4, 0.5) is 10.1 Å². The number of carbonyl (C=O) groups is 2. The number of nitrogens with zero attached hydrogens (tertiary/aromatic N) is 1. The molecule has 1 N–H and O–H groups in total. The zero-order valence-electron chi connectivity index (χ0n) is 12.8. The minimum atomic E-state index is -0.549. The number of amides is 2. The van der Waals surface area contributed by atoms with Crippen molar-refractivity contribution < 1.29 is 14.0 Å². The number of hydrogen-bond donors (Lipinski definition) is 1. The average Bonchev–Trinajstić information content (AvgIpc) is 2.81. The molecule has 0 aromatic heterocycles. The van der Waals surface area contributed by atoms with Gasteiger partial charge in [0.25, 0.3) is 5.91 Å². The summed E-state index contributed by atoms with van der Waals surface area (Å²) in [6.45, 7) is 2.20. The summed E-state index contributed by atoms with van der Waals surface area (Å²) in [6, 6.07) is 13.2. The monoisotopic (exact) mass is 312 g/mol. The summed E-state index contributed by atoms with van der Waals surface area (Å²) in [4.78, 5) is 25.9. The first-order chi connectivity index (χ1) is 11.1. The second-order valence-corrected chi connectivity index (χ2v) is 5.62. The fraction of sp³-hybridized carbons (Fsp3) is 0.222. The molecule has 0 bridgehead atoms. The maximum absolute atomic E-state index is 13.2. The first-order valence-electron chi connectivity index (χ1n) is 7.46. The summed E-state index contributed by atoms with van der Waals surface area (Å²) in [6.07, 6.45) is 0.114. The number of hydrogen-bond acceptors (Lipinski definition) is 3. The van der Waals surface area contributed by atoms with Crippen molar-refractivity contribution in [1.29, 1.82) is 0 Å². The van der Waals surface area contributed by atoms with E-state index in [-0.39, 0.29) is 24.1 Å². The fourth-order valence-corrected chi connectivity index (χ4v) is 2.75. The Morgan fingerprint density at radius 1 is 1.17 bits per heavy atom. The van der Waals surface area contributed by atoms with Gasteiger partial charge in [0.15, 0.2) is 0 Å². The second-order valence-electron chi connectivity index (χ2n) is 5.62. The van der Waals surface area contributed by atoms with Crippen LogP contribution in [0.2, 0.25) is 0 Å². The van der Waals surface area contributed by atoms with Crippen LogP contribution in [-0.4, -0.2) is 17.9 Å². The average molecular weight is 312 g/mol. The van der Waals surface area contributed by atoms with E-state index in [1.165, 1.54) is 18.2 Å². The third-order valence-corrected chi connectivity index (χ3v) is 3.94. The molecule has 0 saturated carbocycles. The molecule has 1 heterocycles. The van der Waals surface area contributed by atoms with Gasteiger partial charge in [0, 0.05) is 6.54 Å². The van der Waals surface area contributed by atoms with E-state index in [2.05, 4.69) is 5.32 Å². The third kappa shape index (κ3) is 3.14. The number of halogens is 1. The van der Waals surface area contributed by atoms with Crippen LogP contribution in [0.1, 0.15) is 17.5 Å². The van der Waals surface area contributed by atoms with Gasteiger partial charge in [0.2, 0.25) is 5.91 Å². The smallest absolute Gasteiger partial charge is 0.251 e. The van der Waals surface area contributed by atoms with Gasteiger partial charge in [-0.05, 0) is 36.2 Å². The van der Waals surface area contributed by atoms with Gasteiger partial charge in [-0.3, -0.25) is 9.59 Å². The molecule has 2 aromatic rings. The van der Waals surface area contributed by atoms with E-state index < -0.39 is 6.04 Å². The molecule has 0 spiro atoms. The lowest BCUT2D eigenvalue weighted by Crippen LogP contribution is -2.38. The number of anilines is 1. The Labute approximate surface area is 133 Å². The normalized spacial score (nSPS) is 17.8. The molecule has 1 fully saturated rings. The number of rotatable bonds is 4. The molecule has 1 saturated heterocycles. The topological polar surface area (TPSA) is 49.4 Å². The summed E-state index contributed by atoms with van der Waals surface area (Å²) in [5.74, 6) is -0.944. The molecule has 0 aliphatic carbocycles. The lowest BCUT2D eigenvalue weighted by molar-refractivity contribution is -0.121. The van der Waals surface area contributed by atoms with Crippen molar-refractivity contribution in [2.45, 2.75) is 25.9 Å². The molecule has 118 valence electrons. The van der Waals surface area contributed by atoms with E-state index in [1.807, 2.05) is 30.3 Å². The van der Waals surface area contributed by atoms with Crippen molar-refractivity contribution in [3.63, 3.8) is 0 Å². The van der Waals surface area contributed by atoms with E-state index in [4.69, 9.17) is 0 Å². The number of benzene rings is 2. The van der Waals surface area contributed by atoms with Gasteiger partial charge in [0.1, 0.15) is 5.82 Å². The summed E-state index contributed by atoms with van der Waals surface area (Å²) < 4.78 is 13.2. The molecule has 1 atom stereocenters. The lowest BCUT2D eigenvalue weighted by atomic mass is 10.1. The Balaban J connectivity index is 1.75. The van der Waals surface area contributed by atoms with Crippen LogP contribution >= 0.6 is 0 Å². The molecule has 5 heteroatoms. The first-order valence-corrected chi connectivity index (χ1v) is 7.46. The molecule has 23 heavy (non-hydrogen) atoms. The SMILES string of the molecule is Cc1cc(F)ccc1N1C(=O)C[C@@H](NCc2ccccc2)C1=O.